The Morgan fingerprint density at radius 1 is 0.448 bits per heavy atom. The molecule has 0 aromatic heterocycles. The van der Waals surface area contributed by atoms with E-state index in [-0.39, 0.29) is 123 Å². The zero-order valence-electron chi connectivity index (χ0n) is 33.3. The Hall–Kier alpha value is -3.76. The number of carbonyl (C=O) groups is 6. The number of nitrogens with zero attached hydrogens (tertiary/aromatic N) is 2. The third-order valence-corrected chi connectivity index (χ3v) is 4.91. The van der Waals surface area contributed by atoms with Gasteiger partial charge in [0, 0.05) is 34.6 Å². The fraction of sp³-hybridized carbons (Fsp3) is 0.270. The molecule has 0 saturated carbocycles. The normalized spacial score (nSPS) is 8.95. The van der Waals surface area contributed by atoms with Crippen molar-refractivity contribution in [1.82, 2.24) is 0 Å². The van der Waals surface area contributed by atoms with Crippen molar-refractivity contribution in [1.29, 1.82) is 0 Å². The van der Waals surface area contributed by atoms with E-state index < -0.39 is 35.8 Å². The Labute approximate surface area is 397 Å². The molecule has 0 heterocycles. The van der Waals surface area contributed by atoms with Crippen molar-refractivity contribution in [2.75, 3.05) is 68.6 Å². The van der Waals surface area contributed by atoms with Crippen LogP contribution in [0.15, 0.2) is 72.8 Å². The van der Waals surface area contributed by atoms with Gasteiger partial charge >= 0.3 is 75.5 Å². The van der Waals surface area contributed by atoms with Crippen LogP contribution in [0.25, 0.3) is 0 Å². The number of aliphatic hydroxyl groups excluding tert-OH is 2. The Bertz CT molecular complexity index is 1410. The smallest absolute Gasteiger partial charge is 0.550 e. The van der Waals surface area contributed by atoms with Crippen LogP contribution in [0, 0.1) is 20.8 Å². The van der Waals surface area contributed by atoms with Gasteiger partial charge in [-0.05, 0) is 57.2 Å². The van der Waals surface area contributed by atoms with Crippen molar-refractivity contribution in [3.63, 3.8) is 0 Å². The molecule has 58 heavy (non-hydrogen) atoms. The molecule has 3 aromatic carbocycles. The number of hydrogen-bond donors (Lipinski definition) is 5. The summed E-state index contributed by atoms with van der Waals surface area (Å²) in [4.78, 5) is 56.8. The van der Waals surface area contributed by atoms with Crippen molar-refractivity contribution >= 4 is 111 Å². The molecule has 0 amide bonds. The third-order valence-electron chi connectivity index (χ3n) is 4.91. The number of benzene rings is 3. The summed E-state index contributed by atoms with van der Waals surface area (Å²) in [6.45, 7) is 9.56. The van der Waals surface area contributed by atoms with Gasteiger partial charge in [0.1, 0.15) is 30.3 Å². The SMILES string of the molecule is C[N+](C)(C)CCO.C[N+](C)(C)CCO.O=C([O-])c1ccccc1O.O=C([O-])c1ccccc1O.O=C([O-])c1ccccc1O.[CH2]C(=O)[O-].[CH2]C(=O)[O-].[CH2]C(=O)[O-].[Ca+2].[Ca+2]. The molecular formula is C37H49Ca2N2O17. The second-order valence-corrected chi connectivity index (χ2v) is 12.0. The van der Waals surface area contributed by atoms with Gasteiger partial charge in [0.25, 0.3) is 0 Å². The van der Waals surface area contributed by atoms with E-state index in [0.29, 0.717) is 0 Å². The number of likely N-dealkylation sites (N-methyl/N-ethyl adjacent to an activating group) is 2. The molecule has 0 aliphatic rings. The second kappa shape index (κ2) is 40.0. The van der Waals surface area contributed by atoms with E-state index in [4.69, 9.17) is 55.2 Å². The number of aromatic carboxylic acids is 3. The predicted molar refractivity (Wildman–Crippen MR) is 200 cm³/mol. The van der Waals surface area contributed by atoms with E-state index in [9.17, 15) is 29.7 Å². The Balaban J connectivity index is -0.000000105. The maximum absolute atomic E-state index is 10.2. The van der Waals surface area contributed by atoms with Crippen LogP contribution in [0.4, 0.5) is 0 Å². The summed E-state index contributed by atoms with van der Waals surface area (Å²) in [5, 5.41) is 100. The van der Waals surface area contributed by atoms with Crippen LogP contribution in [-0.2, 0) is 14.4 Å². The van der Waals surface area contributed by atoms with E-state index in [1.165, 1.54) is 54.6 Å². The molecule has 0 aliphatic carbocycles. The van der Waals surface area contributed by atoms with Crippen molar-refractivity contribution < 1.29 is 93.9 Å². The largest absolute Gasteiger partial charge is 2.00 e. The van der Waals surface area contributed by atoms with Crippen molar-refractivity contribution in [3.8, 4) is 17.2 Å². The van der Waals surface area contributed by atoms with Crippen LogP contribution in [-0.4, -0.2) is 214 Å². The van der Waals surface area contributed by atoms with Crippen molar-refractivity contribution in [3.05, 3.63) is 110 Å². The minimum Gasteiger partial charge on any atom is -0.550 e. The monoisotopic (exact) mass is 873 g/mol. The summed E-state index contributed by atoms with van der Waals surface area (Å²) in [6.07, 6.45) is 0. The molecule has 3 rings (SSSR count). The number of aliphatic hydroxyl groups is 2. The molecule has 0 fully saturated rings. The fourth-order valence-electron chi connectivity index (χ4n) is 2.54. The Kier molecular flexibility index (Phi) is 47.6. The van der Waals surface area contributed by atoms with Gasteiger partial charge in [-0.25, -0.2) is 0 Å². The van der Waals surface area contributed by atoms with Gasteiger partial charge in [-0.1, -0.05) is 36.4 Å². The predicted octanol–water partition coefficient (Wildman–Crippen LogP) is -6.41. The van der Waals surface area contributed by atoms with Gasteiger partial charge in [0.2, 0.25) is 0 Å². The van der Waals surface area contributed by atoms with Gasteiger partial charge in [-0.15, -0.1) is 0 Å². The topological polar surface area (TPSA) is 342 Å². The Morgan fingerprint density at radius 2 is 0.603 bits per heavy atom. The van der Waals surface area contributed by atoms with Crippen LogP contribution in [0.5, 0.6) is 17.2 Å². The number of quaternary nitrogens is 2. The summed E-state index contributed by atoms with van der Waals surface area (Å²) < 4.78 is 1.69. The molecule has 0 bridgehead atoms. The molecular weight excluding hydrogens is 825 g/mol. The van der Waals surface area contributed by atoms with Crippen LogP contribution < -0.4 is 30.6 Å². The van der Waals surface area contributed by atoms with E-state index in [0.717, 1.165) is 22.1 Å². The molecule has 21 heteroatoms. The Morgan fingerprint density at radius 3 is 0.672 bits per heavy atom. The number of para-hydroxylation sites is 3. The number of rotatable bonds is 7. The first kappa shape index (κ1) is 68.9. The maximum Gasteiger partial charge on any atom is 2.00 e. The van der Waals surface area contributed by atoms with Gasteiger partial charge < -0.3 is 93.9 Å². The zero-order valence-corrected chi connectivity index (χ0v) is 37.7. The molecule has 0 unspecified atom stereocenters. The van der Waals surface area contributed by atoms with E-state index in [2.05, 4.69) is 63.1 Å². The average molecular weight is 874 g/mol. The summed E-state index contributed by atoms with van der Waals surface area (Å²) in [7, 11) is 12.3. The number of carbonyl (C=O) groups excluding carboxylic acids is 6. The summed E-state index contributed by atoms with van der Waals surface area (Å²) >= 11 is 0. The second-order valence-electron chi connectivity index (χ2n) is 12.0. The third kappa shape index (κ3) is 56.6. The molecule has 0 atom stereocenters. The van der Waals surface area contributed by atoms with Gasteiger partial charge in [-0.3, -0.25) is 0 Å². The van der Waals surface area contributed by atoms with Gasteiger partial charge in [0.15, 0.2) is 0 Å². The van der Waals surface area contributed by atoms with Crippen LogP contribution in [0.2, 0.25) is 0 Å². The zero-order chi connectivity index (χ0) is 45.2. The number of phenols is 3. The number of hydrogen-bond acceptors (Lipinski definition) is 17. The number of carboxylic acids is 6. The van der Waals surface area contributed by atoms with Gasteiger partial charge in [-0.2, -0.15) is 0 Å². The molecule has 313 valence electrons. The minimum atomic E-state index is -1.36. The summed E-state index contributed by atoms with van der Waals surface area (Å²) in [5.74, 6) is -8.87. The van der Waals surface area contributed by atoms with Crippen LogP contribution in [0.1, 0.15) is 31.1 Å². The van der Waals surface area contributed by atoms with Crippen molar-refractivity contribution in [2.24, 2.45) is 0 Å². The molecule has 19 nitrogen and oxygen atoms in total. The standard InChI is InChI=1S/3C7H6O3.2C5H14NO.3C2H3O2.2Ca/c3*8-6-4-2-1-3-5(6)7(9)10;2*1-6(2,3)4-5-7;3*1-2(3)4;;/h3*1-4,8H,(H,9,10);2*7H,4-5H2,1-3H3;3*1H2,(H,3,4);;/q;;;2*+1;;;;2*+2/p-6. The first-order valence-electron chi connectivity index (χ1n) is 15.4. The van der Waals surface area contributed by atoms with E-state index >= 15 is 0 Å². The number of aromatic hydroxyl groups is 3. The van der Waals surface area contributed by atoms with Crippen molar-refractivity contribution in [2.45, 2.75) is 0 Å². The molecule has 0 saturated heterocycles. The molecule has 3 radical (unpaired) electrons. The fourth-order valence-corrected chi connectivity index (χ4v) is 2.54. The number of carboxylic acid groups (broad SMARTS) is 6. The first-order chi connectivity index (χ1) is 25.5. The van der Waals surface area contributed by atoms with Crippen LogP contribution in [0.3, 0.4) is 0 Å². The molecule has 3 aromatic rings. The average Bonchev–Trinajstić information content (AvgIpc) is 3.01. The van der Waals surface area contributed by atoms with Crippen LogP contribution >= 0.6 is 0 Å². The summed E-state index contributed by atoms with van der Waals surface area (Å²) in [5.41, 5.74) is -0.535. The molecule has 5 N–H and O–H groups in total. The quantitative estimate of drug-likeness (QED) is 0.109. The minimum absolute atomic E-state index is 0. The molecule has 0 aliphatic heterocycles. The summed E-state index contributed by atoms with van der Waals surface area (Å²) in [6, 6.07) is 16.9. The van der Waals surface area contributed by atoms with E-state index in [1.54, 1.807) is 18.2 Å². The maximum atomic E-state index is 10.2. The van der Waals surface area contributed by atoms with E-state index in [1.807, 2.05) is 0 Å². The van der Waals surface area contributed by atoms with Gasteiger partial charge in [0.05, 0.1) is 73.4 Å². The first-order valence-corrected chi connectivity index (χ1v) is 15.4. The number of aliphatic carboxylic acids is 3. The molecule has 0 spiro atoms.